The van der Waals surface area contributed by atoms with Gasteiger partial charge in [-0.3, -0.25) is 10.1 Å². The van der Waals surface area contributed by atoms with E-state index in [-0.39, 0.29) is 12.0 Å². The molecule has 0 aliphatic carbocycles. The maximum atomic E-state index is 11.3. The Morgan fingerprint density at radius 2 is 1.64 bits per heavy atom. The van der Waals surface area contributed by atoms with Gasteiger partial charge in [0.25, 0.3) is 5.69 Å². The minimum atomic E-state index is -1.64. The first kappa shape index (κ1) is 15.2. The minimum Gasteiger partial charge on any atom is -0.478 e. The first-order chi connectivity index (χ1) is 10.4. The van der Waals surface area contributed by atoms with Gasteiger partial charge in [0.15, 0.2) is 5.56 Å². The number of carbonyl (C=O) groups is 2. The molecule has 112 valence electrons. The average Bonchev–Trinajstić information content (AvgIpc) is 2.47. The van der Waals surface area contributed by atoms with Gasteiger partial charge in [-0.2, -0.15) is 0 Å². The monoisotopic (exact) mass is 301 g/mol. The topological polar surface area (TPSA) is 118 Å². The van der Waals surface area contributed by atoms with E-state index in [0.29, 0.717) is 0 Å². The van der Waals surface area contributed by atoms with Crippen molar-refractivity contribution in [1.29, 1.82) is 0 Å². The molecule has 0 aliphatic rings. The van der Waals surface area contributed by atoms with Gasteiger partial charge in [-0.25, -0.2) is 9.59 Å². The summed E-state index contributed by atoms with van der Waals surface area (Å²) in [6.45, 7) is 0. The van der Waals surface area contributed by atoms with Gasteiger partial charge in [0.1, 0.15) is 0 Å². The maximum absolute atomic E-state index is 11.3. The number of rotatable bonds is 5. The van der Waals surface area contributed by atoms with Crippen LogP contribution in [0.1, 0.15) is 31.8 Å². The van der Waals surface area contributed by atoms with E-state index in [9.17, 15) is 19.7 Å². The molecule has 22 heavy (non-hydrogen) atoms. The summed E-state index contributed by atoms with van der Waals surface area (Å²) in [4.78, 5) is 32.8. The molecule has 7 nitrogen and oxygen atoms in total. The fourth-order valence-electron chi connectivity index (χ4n) is 2.20. The summed E-state index contributed by atoms with van der Waals surface area (Å²) in [7, 11) is 0. The third-order valence-corrected chi connectivity index (χ3v) is 3.13. The number of nitrogens with zero attached hydrogens (tertiary/aromatic N) is 1. The van der Waals surface area contributed by atoms with Crippen LogP contribution in [0.3, 0.4) is 0 Å². The summed E-state index contributed by atoms with van der Waals surface area (Å²) < 4.78 is 0. The summed E-state index contributed by atoms with van der Waals surface area (Å²) in [5.41, 5.74) is -1.18. The Balaban J connectivity index is 2.65. The third kappa shape index (κ3) is 2.93. The Kier molecular flexibility index (Phi) is 4.17. The van der Waals surface area contributed by atoms with E-state index in [4.69, 9.17) is 10.2 Å². The molecule has 0 fully saturated rings. The predicted octanol–water partition coefficient (Wildman–Crippen LogP) is 2.58. The molecular weight excluding hydrogens is 290 g/mol. The van der Waals surface area contributed by atoms with E-state index in [1.807, 2.05) is 0 Å². The first-order valence-electron chi connectivity index (χ1n) is 6.22. The molecule has 2 N–H and O–H groups in total. The van der Waals surface area contributed by atoms with Crippen molar-refractivity contribution in [2.45, 2.75) is 6.42 Å². The van der Waals surface area contributed by atoms with Crippen molar-refractivity contribution in [2.75, 3.05) is 0 Å². The van der Waals surface area contributed by atoms with E-state index >= 15 is 0 Å². The highest BCUT2D eigenvalue weighted by Gasteiger charge is 2.30. The number of aromatic carboxylic acids is 2. The second-order valence-electron chi connectivity index (χ2n) is 4.53. The molecule has 2 aromatic rings. The Morgan fingerprint density at radius 3 is 2.14 bits per heavy atom. The zero-order chi connectivity index (χ0) is 16.3. The number of nitro benzene ring substituents is 1. The minimum absolute atomic E-state index is 0.136. The fourth-order valence-corrected chi connectivity index (χ4v) is 2.20. The van der Waals surface area contributed by atoms with E-state index in [0.717, 1.165) is 11.6 Å². The normalized spacial score (nSPS) is 10.2. The average molecular weight is 301 g/mol. The van der Waals surface area contributed by atoms with Gasteiger partial charge in [-0.05, 0) is 11.6 Å². The molecule has 0 unspecified atom stereocenters. The molecule has 0 atom stereocenters. The van der Waals surface area contributed by atoms with Crippen LogP contribution in [0.5, 0.6) is 0 Å². The Hall–Kier alpha value is -3.22. The van der Waals surface area contributed by atoms with Gasteiger partial charge in [0.2, 0.25) is 0 Å². The lowest BCUT2D eigenvalue weighted by molar-refractivity contribution is -0.385. The van der Waals surface area contributed by atoms with Crippen LogP contribution < -0.4 is 0 Å². The summed E-state index contributed by atoms with van der Waals surface area (Å²) in [6, 6.07) is 11.1. The van der Waals surface area contributed by atoms with E-state index in [1.165, 1.54) is 6.07 Å². The van der Waals surface area contributed by atoms with Crippen LogP contribution in [0.2, 0.25) is 0 Å². The van der Waals surface area contributed by atoms with Crippen LogP contribution in [-0.4, -0.2) is 27.1 Å². The molecule has 0 heterocycles. The van der Waals surface area contributed by atoms with Gasteiger partial charge in [-0.15, -0.1) is 0 Å². The molecule has 0 bridgehead atoms. The van der Waals surface area contributed by atoms with E-state index in [1.54, 1.807) is 30.3 Å². The number of carboxylic acid groups (broad SMARTS) is 2. The number of hydrogen-bond acceptors (Lipinski definition) is 4. The lowest BCUT2D eigenvalue weighted by Gasteiger charge is -2.08. The zero-order valence-electron chi connectivity index (χ0n) is 11.2. The molecule has 0 aliphatic heterocycles. The van der Waals surface area contributed by atoms with Gasteiger partial charge in [0.05, 0.1) is 10.5 Å². The molecule has 2 aromatic carbocycles. The van der Waals surface area contributed by atoms with Crippen molar-refractivity contribution in [3.63, 3.8) is 0 Å². The van der Waals surface area contributed by atoms with Gasteiger partial charge >= 0.3 is 11.9 Å². The summed E-state index contributed by atoms with van der Waals surface area (Å²) in [5.74, 6) is -3.16. The lowest BCUT2D eigenvalue weighted by Crippen LogP contribution is -2.13. The first-order valence-corrected chi connectivity index (χ1v) is 6.22. The molecule has 0 saturated carbocycles. The molecule has 0 saturated heterocycles. The number of benzene rings is 2. The molecule has 0 aromatic heterocycles. The Bertz CT molecular complexity index is 754. The van der Waals surface area contributed by atoms with Gasteiger partial charge < -0.3 is 10.2 Å². The predicted molar refractivity (Wildman–Crippen MR) is 76.3 cm³/mol. The standard InChI is InChI=1S/C15H11NO6/c17-14(18)11-7-6-10(8-9-4-2-1-3-5-9)13(16(21)22)12(11)15(19)20/h1-7H,8H2,(H,17,18)(H,19,20). The van der Waals surface area contributed by atoms with Crippen LogP contribution in [-0.2, 0) is 6.42 Å². The molecule has 0 spiro atoms. The van der Waals surface area contributed by atoms with E-state index < -0.39 is 33.7 Å². The smallest absolute Gasteiger partial charge is 0.343 e. The number of nitro groups is 1. The van der Waals surface area contributed by atoms with Crippen LogP contribution in [0.25, 0.3) is 0 Å². The van der Waals surface area contributed by atoms with Crippen LogP contribution in [0, 0.1) is 10.1 Å². The SMILES string of the molecule is O=C(O)c1ccc(Cc2ccccc2)c([N+](=O)[O-])c1C(=O)O. The van der Waals surface area contributed by atoms with Crippen molar-refractivity contribution < 1.29 is 24.7 Å². The fraction of sp³-hybridized carbons (Fsp3) is 0.0667. The van der Waals surface area contributed by atoms with Gasteiger partial charge in [-0.1, -0.05) is 36.4 Å². The van der Waals surface area contributed by atoms with Crippen LogP contribution in [0.15, 0.2) is 42.5 Å². The van der Waals surface area contributed by atoms with Crippen LogP contribution in [0.4, 0.5) is 5.69 Å². The molecular formula is C15H11NO6. The highest BCUT2D eigenvalue weighted by Crippen LogP contribution is 2.29. The van der Waals surface area contributed by atoms with Crippen molar-refractivity contribution in [3.8, 4) is 0 Å². The molecule has 0 amide bonds. The molecule has 2 rings (SSSR count). The maximum Gasteiger partial charge on any atom is 0.343 e. The second kappa shape index (κ2) is 6.04. The van der Waals surface area contributed by atoms with Gasteiger partial charge in [0, 0.05) is 12.0 Å². The molecule has 7 heteroatoms. The highest BCUT2D eigenvalue weighted by molar-refractivity contribution is 6.05. The summed E-state index contributed by atoms with van der Waals surface area (Å²) in [5, 5.41) is 29.4. The van der Waals surface area contributed by atoms with Crippen molar-refractivity contribution in [2.24, 2.45) is 0 Å². The Labute approximate surface area is 124 Å². The van der Waals surface area contributed by atoms with E-state index in [2.05, 4.69) is 0 Å². The van der Waals surface area contributed by atoms with Crippen molar-refractivity contribution in [1.82, 2.24) is 0 Å². The molecule has 0 radical (unpaired) electrons. The summed E-state index contributed by atoms with van der Waals surface area (Å²) in [6.07, 6.45) is 0.136. The quantitative estimate of drug-likeness (QED) is 0.647. The van der Waals surface area contributed by atoms with Crippen LogP contribution >= 0.6 is 0 Å². The number of hydrogen-bond donors (Lipinski definition) is 2. The highest BCUT2D eigenvalue weighted by atomic mass is 16.6. The Morgan fingerprint density at radius 1 is 1.00 bits per heavy atom. The van der Waals surface area contributed by atoms with Crippen molar-refractivity contribution in [3.05, 3.63) is 74.8 Å². The lowest BCUT2D eigenvalue weighted by atomic mass is 9.96. The number of carboxylic acids is 2. The largest absolute Gasteiger partial charge is 0.478 e. The van der Waals surface area contributed by atoms with Crippen molar-refractivity contribution >= 4 is 17.6 Å². The zero-order valence-corrected chi connectivity index (χ0v) is 11.2. The third-order valence-electron chi connectivity index (χ3n) is 3.13. The summed E-state index contributed by atoms with van der Waals surface area (Å²) >= 11 is 0. The second-order valence-corrected chi connectivity index (χ2v) is 4.53.